The van der Waals surface area contributed by atoms with Gasteiger partial charge in [-0.05, 0) is 36.3 Å². The van der Waals surface area contributed by atoms with Crippen molar-refractivity contribution in [3.05, 3.63) is 42.2 Å². The van der Waals surface area contributed by atoms with Crippen LogP contribution in [0.3, 0.4) is 0 Å². The number of aromatic nitrogens is 1. The maximum absolute atomic E-state index is 12.6. The normalized spacial score (nSPS) is 16.8. The first-order valence-corrected chi connectivity index (χ1v) is 6.88. The molecule has 0 N–H and O–H groups in total. The monoisotopic (exact) mass is 254 g/mol. The van der Waals surface area contributed by atoms with Gasteiger partial charge in [-0.15, -0.1) is 0 Å². The maximum Gasteiger partial charge on any atom is 0.254 e. The predicted molar refractivity (Wildman–Crippen MR) is 76.0 cm³/mol. The minimum Gasteiger partial charge on any atom is -0.339 e. The van der Waals surface area contributed by atoms with Gasteiger partial charge in [0.25, 0.3) is 5.91 Å². The molecule has 0 atom stereocenters. The molecule has 98 valence electrons. The van der Waals surface area contributed by atoms with Crippen LogP contribution in [0.1, 0.15) is 30.1 Å². The summed E-state index contributed by atoms with van der Waals surface area (Å²) in [5.74, 6) is 0.878. The molecule has 1 aliphatic heterocycles. The Balaban J connectivity index is 1.93. The molecule has 3 nitrogen and oxygen atoms in total. The summed E-state index contributed by atoms with van der Waals surface area (Å²) in [6, 6.07) is 7.82. The average Bonchev–Trinajstić information content (AvgIpc) is 2.47. The summed E-state index contributed by atoms with van der Waals surface area (Å²) in [6.07, 6.45) is 5.76. The summed E-state index contributed by atoms with van der Waals surface area (Å²) in [7, 11) is 0. The molecule has 0 spiro atoms. The van der Waals surface area contributed by atoms with Gasteiger partial charge < -0.3 is 4.90 Å². The van der Waals surface area contributed by atoms with Gasteiger partial charge in [0.15, 0.2) is 0 Å². The number of piperidine rings is 1. The number of fused-ring (bicyclic) bond motifs is 1. The summed E-state index contributed by atoms with van der Waals surface area (Å²) < 4.78 is 0. The zero-order valence-electron chi connectivity index (χ0n) is 11.2. The molecule has 19 heavy (non-hydrogen) atoms. The first-order chi connectivity index (χ1) is 9.25. The van der Waals surface area contributed by atoms with Gasteiger partial charge in [0.2, 0.25) is 0 Å². The van der Waals surface area contributed by atoms with E-state index in [1.165, 1.54) is 0 Å². The maximum atomic E-state index is 12.6. The third-order valence-electron chi connectivity index (χ3n) is 3.98. The van der Waals surface area contributed by atoms with Crippen molar-refractivity contribution in [1.82, 2.24) is 9.88 Å². The van der Waals surface area contributed by atoms with Crippen molar-refractivity contribution < 1.29 is 4.79 Å². The van der Waals surface area contributed by atoms with Crippen LogP contribution in [0, 0.1) is 5.92 Å². The quantitative estimate of drug-likeness (QED) is 0.783. The topological polar surface area (TPSA) is 33.2 Å². The van der Waals surface area contributed by atoms with Crippen LogP contribution in [0.5, 0.6) is 0 Å². The highest BCUT2D eigenvalue weighted by Crippen LogP contribution is 2.22. The number of hydrogen-bond acceptors (Lipinski definition) is 2. The van der Waals surface area contributed by atoms with Gasteiger partial charge in [-0.25, -0.2) is 0 Å². The molecular weight excluding hydrogens is 236 g/mol. The van der Waals surface area contributed by atoms with E-state index in [9.17, 15) is 4.79 Å². The number of likely N-dealkylation sites (tertiary alicyclic amines) is 1. The van der Waals surface area contributed by atoms with E-state index in [1.807, 2.05) is 29.2 Å². The Morgan fingerprint density at radius 3 is 2.84 bits per heavy atom. The van der Waals surface area contributed by atoms with Crippen molar-refractivity contribution in [2.24, 2.45) is 5.92 Å². The molecule has 1 aromatic carbocycles. The lowest BCUT2D eigenvalue weighted by Gasteiger charge is -2.30. The molecule has 1 aromatic heterocycles. The van der Waals surface area contributed by atoms with Gasteiger partial charge in [-0.3, -0.25) is 9.78 Å². The van der Waals surface area contributed by atoms with Crippen LogP contribution in [0.4, 0.5) is 0 Å². The zero-order chi connectivity index (χ0) is 13.2. The van der Waals surface area contributed by atoms with Gasteiger partial charge in [-0.1, -0.05) is 19.1 Å². The molecular formula is C16H18N2O. The van der Waals surface area contributed by atoms with Gasteiger partial charge >= 0.3 is 0 Å². The first kappa shape index (κ1) is 12.2. The minimum atomic E-state index is 0.144. The Labute approximate surface area is 113 Å². The van der Waals surface area contributed by atoms with E-state index in [4.69, 9.17) is 0 Å². The molecule has 2 aromatic rings. The molecule has 2 heterocycles. The van der Waals surface area contributed by atoms with Gasteiger partial charge in [0.1, 0.15) is 0 Å². The molecule has 0 bridgehead atoms. The van der Waals surface area contributed by atoms with Gasteiger partial charge in [0.05, 0.1) is 0 Å². The van der Waals surface area contributed by atoms with Crippen molar-refractivity contribution in [2.75, 3.05) is 13.1 Å². The predicted octanol–water partition coefficient (Wildman–Crippen LogP) is 3.11. The van der Waals surface area contributed by atoms with Crippen molar-refractivity contribution in [2.45, 2.75) is 19.8 Å². The molecule has 3 rings (SSSR count). The standard InChI is InChI=1S/C16H18N2O/c1-12-6-9-18(10-7-12)16(19)14-4-2-3-13-5-8-17-11-15(13)14/h2-5,8,11-12H,6-7,9-10H2,1H3. The number of rotatable bonds is 1. The third-order valence-corrected chi connectivity index (χ3v) is 3.98. The number of carbonyl (C=O) groups is 1. The Morgan fingerprint density at radius 1 is 1.26 bits per heavy atom. The van der Waals surface area contributed by atoms with Crippen LogP contribution < -0.4 is 0 Å². The Morgan fingerprint density at radius 2 is 2.05 bits per heavy atom. The Bertz CT molecular complexity index is 595. The van der Waals surface area contributed by atoms with E-state index in [1.54, 1.807) is 12.4 Å². The number of benzene rings is 1. The van der Waals surface area contributed by atoms with Crippen LogP contribution in [0.15, 0.2) is 36.7 Å². The summed E-state index contributed by atoms with van der Waals surface area (Å²) in [6.45, 7) is 4.00. The highest BCUT2D eigenvalue weighted by atomic mass is 16.2. The van der Waals surface area contributed by atoms with Gasteiger partial charge in [-0.2, -0.15) is 0 Å². The van der Waals surface area contributed by atoms with E-state index in [0.717, 1.165) is 48.2 Å². The lowest BCUT2D eigenvalue weighted by atomic mass is 9.98. The number of hydrogen-bond donors (Lipinski definition) is 0. The fourth-order valence-electron chi connectivity index (χ4n) is 2.68. The largest absolute Gasteiger partial charge is 0.339 e. The van der Waals surface area contributed by atoms with Crippen molar-refractivity contribution >= 4 is 16.7 Å². The lowest BCUT2D eigenvalue weighted by molar-refractivity contribution is 0.0699. The van der Waals surface area contributed by atoms with Crippen LogP contribution >= 0.6 is 0 Å². The SMILES string of the molecule is CC1CCN(C(=O)c2cccc3ccncc23)CC1. The smallest absolute Gasteiger partial charge is 0.254 e. The fraction of sp³-hybridized carbons (Fsp3) is 0.375. The number of nitrogens with zero attached hydrogens (tertiary/aromatic N) is 2. The third kappa shape index (κ3) is 2.33. The van der Waals surface area contributed by atoms with Crippen LogP contribution in [-0.4, -0.2) is 28.9 Å². The van der Waals surface area contributed by atoms with Crippen molar-refractivity contribution in [3.63, 3.8) is 0 Å². The molecule has 3 heteroatoms. The van der Waals surface area contributed by atoms with Crippen LogP contribution in [0.25, 0.3) is 10.8 Å². The zero-order valence-corrected chi connectivity index (χ0v) is 11.2. The summed E-state index contributed by atoms with van der Waals surface area (Å²) in [5.41, 5.74) is 0.778. The molecule has 0 aliphatic carbocycles. The fourth-order valence-corrected chi connectivity index (χ4v) is 2.68. The van der Waals surface area contributed by atoms with E-state index in [0.29, 0.717) is 0 Å². The van der Waals surface area contributed by atoms with E-state index in [-0.39, 0.29) is 5.91 Å². The lowest BCUT2D eigenvalue weighted by Crippen LogP contribution is -2.37. The first-order valence-electron chi connectivity index (χ1n) is 6.88. The molecule has 1 fully saturated rings. The second-order valence-corrected chi connectivity index (χ2v) is 5.38. The van der Waals surface area contributed by atoms with Crippen molar-refractivity contribution in [3.8, 4) is 0 Å². The van der Waals surface area contributed by atoms with Gasteiger partial charge in [0, 0.05) is 36.4 Å². The second-order valence-electron chi connectivity index (χ2n) is 5.38. The molecule has 1 amide bonds. The highest BCUT2D eigenvalue weighted by Gasteiger charge is 2.22. The Hall–Kier alpha value is -1.90. The second kappa shape index (κ2) is 5.00. The van der Waals surface area contributed by atoms with E-state index >= 15 is 0 Å². The molecule has 1 saturated heterocycles. The number of amides is 1. The molecule has 0 radical (unpaired) electrons. The minimum absolute atomic E-state index is 0.144. The van der Waals surface area contributed by atoms with Crippen LogP contribution in [0.2, 0.25) is 0 Å². The number of pyridine rings is 1. The summed E-state index contributed by atoms with van der Waals surface area (Å²) in [4.78, 5) is 18.7. The molecule has 1 aliphatic rings. The Kier molecular flexibility index (Phi) is 3.20. The van der Waals surface area contributed by atoms with E-state index in [2.05, 4.69) is 11.9 Å². The highest BCUT2D eigenvalue weighted by molar-refractivity contribution is 6.06. The average molecular weight is 254 g/mol. The molecule has 0 saturated carbocycles. The molecule has 0 unspecified atom stereocenters. The number of carbonyl (C=O) groups excluding carboxylic acids is 1. The summed E-state index contributed by atoms with van der Waals surface area (Å²) in [5, 5.41) is 2.03. The van der Waals surface area contributed by atoms with E-state index < -0.39 is 0 Å². The van der Waals surface area contributed by atoms with Crippen LogP contribution in [-0.2, 0) is 0 Å². The van der Waals surface area contributed by atoms with Crippen molar-refractivity contribution in [1.29, 1.82) is 0 Å². The summed E-state index contributed by atoms with van der Waals surface area (Å²) >= 11 is 0.